The van der Waals surface area contributed by atoms with Gasteiger partial charge in [-0.1, -0.05) is 19.2 Å². The van der Waals surface area contributed by atoms with E-state index in [4.69, 9.17) is 9.78 Å². The molecule has 0 atom stereocenters. The topological polar surface area (TPSA) is 22.3 Å². The minimum atomic E-state index is 0.630. The first kappa shape index (κ1) is 11.3. The molecule has 1 heterocycles. The van der Waals surface area contributed by atoms with Crippen LogP contribution in [0.5, 0.6) is 5.75 Å². The van der Waals surface area contributed by atoms with Crippen molar-refractivity contribution in [1.82, 2.24) is 0 Å². The molecule has 1 rings (SSSR count). The van der Waals surface area contributed by atoms with Crippen LogP contribution in [0.2, 0.25) is 0 Å². The summed E-state index contributed by atoms with van der Waals surface area (Å²) >= 11 is 0. The molecule has 0 aliphatic rings. The summed E-state index contributed by atoms with van der Waals surface area (Å²) in [5.74, 6) is 1.29. The van der Waals surface area contributed by atoms with Gasteiger partial charge < -0.3 is 0 Å². The summed E-state index contributed by atoms with van der Waals surface area (Å²) in [5, 5.41) is 0. The maximum Gasteiger partial charge on any atom is 0.197 e. The molecule has 3 nitrogen and oxygen atoms in total. The average Bonchev–Trinajstić information content (AvgIpc) is 2.26. The Labute approximate surface area is 90.2 Å². The smallest absolute Gasteiger partial charge is 0.197 e. The SMILES string of the molecule is C=C=C(CCC)OOc1cc[n+](C)cc1. The van der Waals surface area contributed by atoms with Gasteiger partial charge in [0.05, 0.1) is 0 Å². The Morgan fingerprint density at radius 2 is 2.13 bits per heavy atom. The van der Waals surface area contributed by atoms with Crippen LogP contribution in [0.1, 0.15) is 19.8 Å². The number of rotatable bonds is 5. The van der Waals surface area contributed by atoms with Crippen LogP contribution in [-0.2, 0) is 11.9 Å². The van der Waals surface area contributed by atoms with Gasteiger partial charge in [-0.05, 0) is 6.42 Å². The van der Waals surface area contributed by atoms with Gasteiger partial charge in [0.2, 0.25) is 0 Å². The summed E-state index contributed by atoms with van der Waals surface area (Å²) < 4.78 is 1.92. The Morgan fingerprint density at radius 1 is 1.47 bits per heavy atom. The van der Waals surface area contributed by atoms with E-state index in [1.165, 1.54) is 0 Å². The van der Waals surface area contributed by atoms with Crippen molar-refractivity contribution in [3.05, 3.63) is 42.6 Å². The normalized spacial score (nSPS) is 9.20. The number of nitrogens with zero attached hydrogens (tertiary/aromatic N) is 1. The van der Waals surface area contributed by atoms with Crippen molar-refractivity contribution in [2.45, 2.75) is 19.8 Å². The highest BCUT2D eigenvalue weighted by atomic mass is 17.2. The second-order valence-electron chi connectivity index (χ2n) is 3.22. The zero-order chi connectivity index (χ0) is 11.1. The minimum absolute atomic E-state index is 0.630. The maximum atomic E-state index is 5.11. The molecule has 15 heavy (non-hydrogen) atoms. The maximum absolute atomic E-state index is 5.11. The van der Waals surface area contributed by atoms with Crippen molar-refractivity contribution in [3.8, 4) is 5.75 Å². The summed E-state index contributed by atoms with van der Waals surface area (Å²) in [7, 11) is 1.94. The number of hydrogen-bond acceptors (Lipinski definition) is 2. The fourth-order valence-electron chi connectivity index (χ4n) is 1.03. The molecule has 0 aliphatic heterocycles. The molecule has 0 bridgehead atoms. The lowest BCUT2D eigenvalue weighted by molar-refractivity contribution is -0.671. The molecule has 80 valence electrons. The van der Waals surface area contributed by atoms with E-state index in [0.717, 1.165) is 12.8 Å². The van der Waals surface area contributed by atoms with Gasteiger partial charge in [0.25, 0.3) is 0 Å². The molecule has 1 aromatic heterocycles. The monoisotopic (exact) mass is 206 g/mol. The quantitative estimate of drug-likeness (QED) is 0.242. The van der Waals surface area contributed by atoms with Crippen LogP contribution in [0.3, 0.4) is 0 Å². The zero-order valence-electron chi connectivity index (χ0n) is 9.19. The third-order valence-corrected chi connectivity index (χ3v) is 1.86. The van der Waals surface area contributed by atoms with Crippen molar-refractivity contribution in [1.29, 1.82) is 0 Å². The van der Waals surface area contributed by atoms with Gasteiger partial charge in [0.15, 0.2) is 23.9 Å². The zero-order valence-corrected chi connectivity index (χ0v) is 9.19. The fraction of sp³-hybridized carbons (Fsp3) is 0.333. The molecule has 1 aromatic rings. The van der Waals surface area contributed by atoms with E-state index in [9.17, 15) is 0 Å². The van der Waals surface area contributed by atoms with Crippen molar-refractivity contribution in [2.75, 3.05) is 0 Å². The molecular weight excluding hydrogens is 190 g/mol. The second-order valence-corrected chi connectivity index (χ2v) is 3.22. The predicted molar refractivity (Wildman–Crippen MR) is 56.9 cm³/mol. The summed E-state index contributed by atoms with van der Waals surface area (Å²) in [6.07, 6.45) is 5.53. The predicted octanol–water partition coefficient (Wildman–Crippen LogP) is 2.29. The number of allylic oxidation sites excluding steroid dienone is 1. The molecular formula is C12H16NO2+. The van der Waals surface area contributed by atoms with Gasteiger partial charge in [-0.2, -0.15) is 0 Å². The molecule has 0 aliphatic carbocycles. The van der Waals surface area contributed by atoms with Crippen LogP contribution in [0.25, 0.3) is 0 Å². The first-order chi connectivity index (χ1) is 7.26. The molecule has 0 unspecified atom stereocenters. The van der Waals surface area contributed by atoms with Crippen molar-refractivity contribution in [3.63, 3.8) is 0 Å². The summed E-state index contributed by atoms with van der Waals surface area (Å²) in [6.45, 7) is 5.59. The minimum Gasteiger partial charge on any atom is -0.289 e. The molecule has 3 heteroatoms. The largest absolute Gasteiger partial charge is 0.289 e. The van der Waals surface area contributed by atoms with E-state index in [2.05, 4.69) is 19.2 Å². The number of pyridine rings is 1. The first-order valence-electron chi connectivity index (χ1n) is 4.95. The lowest BCUT2D eigenvalue weighted by Crippen LogP contribution is -2.25. The van der Waals surface area contributed by atoms with E-state index in [0.29, 0.717) is 11.5 Å². The highest BCUT2D eigenvalue weighted by Crippen LogP contribution is 2.11. The third kappa shape index (κ3) is 3.88. The van der Waals surface area contributed by atoms with Crippen LogP contribution >= 0.6 is 0 Å². The van der Waals surface area contributed by atoms with Gasteiger partial charge in [-0.25, -0.2) is 4.57 Å². The van der Waals surface area contributed by atoms with Crippen LogP contribution in [0, 0.1) is 0 Å². The lowest BCUT2D eigenvalue weighted by atomic mass is 10.3. The molecule has 0 fully saturated rings. The van der Waals surface area contributed by atoms with Crippen LogP contribution in [-0.4, -0.2) is 0 Å². The van der Waals surface area contributed by atoms with E-state index in [1.54, 1.807) is 0 Å². The van der Waals surface area contributed by atoms with Gasteiger partial charge in [-0.3, -0.25) is 9.78 Å². The third-order valence-electron chi connectivity index (χ3n) is 1.86. The summed E-state index contributed by atoms with van der Waals surface area (Å²) in [4.78, 5) is 10.2. The fourth-order valence-corrected chi connectivity index (χ4v) is 1.03. The van der Waals surface area contributed by atoms with E-state index >= 15 is 0 Å². The number of aryl methyl sites for hydroxylation is 1. The van der Waals surface area contributed by atoms with Gasteiger partial charge in [0.1, 0.15) is 7.05 Å². The Balaban J connectivity index is 2.49. The van der Waals surface area contributed by atoms with Crippen molar-refractivity contribution < 1.29 is 14.3 Å². The average molecular weight is 206 g/mol. The van der Waals surface area contributed by atoms with Crippen LogP contribution < -0.4 is 9.45 Å². The molecule has 0 radical (unpaired) electrons. The molecule has 0 saturated heterocycles. The Kier molecular flexibility index (Phi) is 4.45. The first-order valence-corrected chi connectivity index (χ1v) is 4.95. The van der Waals surface area contributed by atoms with Crippen molar-refractivity contribution in [2.24, 2.45) is 7.05 Å². The molecule has 0 saturated carbocycles. The summed E-state index contributed by atoms with van der Waals surface area (Å²) in [5.41, 5.74) is 2.70. The van der Waals surface area contributed by atoms with E-state index in [-0.39, 0.29) is 0 Å². The Morgan fingerprint density at radius 3 is 2.67 bits per heavy atom. The van der Waals surface area contributed by atoms with E-state index in [1.807, 2.05) is 36.1 Å². The number of aromatic nitrogens is 1. The highest BCUT2D eigenvalue weighted by Gasteiger charge is 2.01. The van der Waals surface area contributed by atoms with Crippen LogP contribution in [0.4, 0.5) is 0 Å². The standard InChI is InChI=1S/C12H16NO2/c1-4-6-11(5-2)14-15-12-7-9-13(3)10-8-12/h7-10H,2,4,6H2,1,3H3/q+1. The highest BCUT2D eigenvalue weighted by molar-refractivity contribution is 5.13. The number of hydrogen-bond donors (Lipinski definition) is 0. The second kappa shape index (κ2) is 5.89. The van der Waals surface area contributed by atoms with Gasteiger partial charge in [0, 0.05) is 18.6 Å². The molecule has 0 spiro atoms. The Hall–Kier alpha value is -1.73. The molecule has 0 amide bonds. The van der Waals surface area contributed by atoms with Gasteiger partial charge >= 0.3 is 0 Å². The molecule has 0 aromatic carbocycles. The van der Waals surface area contributed by atoms with E-state index < -0.39 is 0 Å². The van der Waals surface area contributed by atoms with Crippen molar-refractivity contribution >= 4 is 0 Å². The Bertz CT molecular complexity index is 350. The molecule has 0 N–H and O–H groups in total. The van der Waals surface area contributed by atoms with Crippen LogP contribution in [0.15, 0.2) is 42.6 Å². The lowest BCUT2D eigenvalue weighted by Gasteiger charge is -2.05. The van der Waals surface area contributed by atoms with Gasteiger partial charge in [-0.15, -0.1) is 0 Å². The summed E-state index contributed by atoms with van der Waals surface area (Å²) in [6, 6.07) is 3.65.